The molecular formula is C24H26N6O3. The van der Waals surface area contributed by atoms with Gasteiger partial charge in [-0.05, 0) is 41.8 Å². The largest absolute Gasteiger partial charge is 0.489 e. The maximum Gasteiger partial charge on any atom is 0.329 e. The Morgan fingerprint density at radius 1 is 1.12 bits per heavy atom. The number of fused-ring (bicyclic) bond motifs is 1. The molecule has 2 aromatic carbocycles. The van der Waals surface area contributed by atoms with Crippen molar-refractivity contribution < 1.29 is 4.74 Å². The highest BCUT2D eigenvalue weighted by Crippen LogP contribution is 2.17. The first-order valence-electron chi connectivity index (χ1n) is 10.8. The summed E-state index contributed by atoms with van der Waals surface area (Å²) in [6, 6.07) is 17.6. The van der Waals surface area contributed by atoms with Gasteiger partial charge in [-0.2, -0.15) is 10.1 Å². The molecule has 0 aliphatic carbocycles. The van der Waals surface area contributed by atoms with E-state index >= 15 is 0 Å². The minimum absolute atomic E-state index is 0.317. The summed E-state index contributed by atoms with van der Waals surface area (Å²) in [5, 5.41) is 4.28. The van der Waals surface area contributed by atoms with Gasteiger partial charge in [0.2, 0.25) is 5.95 Å². The fourth-order valence-corrected chi connectivity index (χ4v) is 3.41. The number of ether oxygens (including phenoxy) is 1. The number of hydrazone groups is 1. The molecule has 2 N–H and O–H groups in total. The number of anilines is 1. The van der Waals surface area contributed by atoms with Crippen LogP contribution in [0, 0.1) is 0 Å². The van der Waals surface area contributed by atoms with Gasteiger partial charge in [0.25, 0.3) is 5.56 Å². The standard InChI is InChI=1S/C24H26N6O3/c1-3-4-14-30-20-21(29(2)24(32)27-22(20)31)26-23(30)28-25-15-17-10-12-19(13-11-17)33-16-18-8-6-5-7-9-18/h5-13,15H,3-4,14,16H2,1-2H3,(H,26,28)(H,27,31,32)/b25-15-. The number of nitrogens with zero attached hydrogens (tertiary/aromatic N) is 4. The third-order valence-electron chi connectivity index (χ3n) is 5.25. The van der Waals surface area contributed by atoms with Crippen LogP contribution in [0.2, 0.25) is 0 Å². The van der Waals surface area contributed by atoms with Crippen molar-refractivity contribution in [1.29, 1.82) is 0 Å². The van der Waals surface area contributed by atoms with Crippen LogP contribution in [0.5, 0.6) is 5.75 Å². The topological polar surface area (TPSA) is 106 Å². The molecular weight excluding hydrogens is 420 g/mol. The summed E-state index contributed by atoms with van der Waals surface area (Å²) in [5.41, 5.74) is 4.60. The Morgan fingerprint density at radius 2 is 1.88 bits per heavy atom. The fraction of sp³-hybridized carbons (Fsp3) is 0.250. The average Bonchev–Trinajstić information content (AvgIpc) is 3.20. The van der Waals surface area contributed by atoms with E-state index in [-0.39, 0.29) is 0 Å². The summed E-state index contributed by atoms with van der Waals surface area (Å²) >= 11 is 0. The van der Waals surface area contributed by atoms with Gasteiger partial charge in [0.05, 0.1) is 6.21 Å². The average molecular weight is 447 g/mol. The van der Waals surface area contributed by atoms with Crippen molar-refractivity contribution in [3.05, 3.63) is 86.6 Å². The van der Waals surface area contributed by atoms with Gasteiger partial charge in [-0.3, -0.25) is 14.3 Å². The monoisotopic (exact) mass is 446 g/mol. The first-order valence-corrected chi connectivity index (χ1v) is 10.8. The molecule has 2 aromatic heterocycles. The van der Waals surface area contributed by atoms with Gasteiger partial charge in [-0.1, -0.05) is 43.7 Å². The number of rotatable bonds is 9. The number of imidazole rings is 1. The first-order chi connectivity index (χ1) is 16.1. The lowest BCUT2D eigenvalue weighted by molar-refractivity contribution is 0.306. The Morgan fingerprint density at radius 3 is 2.61 bits per heavy atom. The highest BCUT2D eigenvalue weighted by atomic mass is 16.5. The van der Waals surface area contributed by atoms with E-state index < -0.39 is 11.2 Å². The van der Waals surface area contributed by atoms with E-state index in [2.05, 4.69) is 27.4 Å². The predicted molar refractivity (Wildman–Crippen MR) is 129 cm³/mol. The van der Waals surface area contributed by atoms with Crippen LogP contribution in [0.1, 0.15) is 30.9 Å². The number of unbranched alkanes of at least 4 members (excludes halogenated alkanes) is 1. The molecule has 170 valence electrons. The molecule has 0 saturated carbocycles. The zero-order chi connectivity index (χ0) is 23.2. The number of nitrogens with one attached hydrogen (secondary N) is 2. The van der Waals surface area contributed by atoms with Crippen LogP contribution in [0.3, 0.4) is 0 Å². The van der Waals surface area contributed by atoms with Crippen LogP contribution in [0.15, 0.2) is 69.3 Å². The number of aromatic amines is 1. The third kappa shape index (κ3) is 5.03. The molecule has 0 unspecified atom stereocenters. The Kier molecular flexibility index (Phi) is 6.68. The van der Waals surface area contributed by atoms with Gasteiger partial charge in [0.1, 0.15) is 12.4 Å². The van der Waals surface area contributed by atoms with Crippen LogP contribution >= 0.6 is 0 Å². The van der Waals surface area contributed by atoms with Crippen LogP contribution in [0.4, 0.5) is 5.95 Å². The van der Waals surface area contributed by atoms with Crippen LogP contribution in [-0.2, 0) is 20.2 Å². The van der Waals surface area contributed by atoms with Crippen LogP contribution in [0.25, 0.3) is 11.2 Å². The smallest absolute Gasteiger partial charge is 0.329 e. The quantitative estimate of drug-likeness (QED) is 0.303. The zero-order valence-corrected chi connectivity index (χ0v) is 18.6. The van der Waals surface area contributed by atoms with Crippen molar-refractivity contribution >= 4 is 23.3 Å². The summed E-state index contributed by atoms with van der Waals surface area (Å²) in [5.74, 6) is 1.18. The second-order valence-electron chi connectivity index (χ2n) is 7.64. The summed E-state index contributed by atoms with van der Waals surface area (Å²) in [6.07, 6.45) is 3.47. The van der Waals surface area contributed by atoms with Crippen molar-refractivity contribution in [1.82, 2.24) is 19.1 Å². The molecule has 4 aromatic rings. The van der Waals surface area contributed by atoms with Crippen molar-refractivity contribution in [2.24, 2.45) is 12.1 Å². The van der Waals surface area contributed by atoms with Gasteiger partial charge in [-0.15, -0.1) is 0 Å². The summed E-state index contributed by atoms with van der Waals surface area (Å²) in [4.78, 5) is 31.1. The van der Waals surface area contributed by atoms with E-state index in [4.69, 9.17) is 4.74 Å². The number of hydrogen-bond acceptors (Lipinski definition) is 6. The Labute approximate surface area is 190 Å². The van der Waals surface area contributed by atoms with Crippen molar-refractivity contribution in [2.45, 2.75) is 32.9 Å². The Hall–Kier alpha value is -4.14. The van der Waals surface area contributed by atoms with Gasteiger partial charge in [-0.25, -0.2) is 10.2 Å². The van der Waals surface area contributed by atoms with E-state index in [0.29, 0.717) is 30.3 Å². The fourth-order valence-electron chi connectivity index (χ4n) is 3.41. The SMILES string of the molecule is CCCCn1c(N/N=C\c2ccc(OCc3ccccc3)cc2)nc2c1c(=O)[nH]c(=O)n2C. The van der Waals surface area contributed by atoms with Crippen LogP contribution < -0.4 is 21.4 Å². The minimum atomic E-state index is -0.503. The molecule has 0 saturated heterocycles. The molecule has 0 aliphatic heterocycles. The van der Waals surface area contributed by atoms with Crippen LogP contribution in [-0.4, -0.2) is 25.3 Å². The highest BCUT2D eigenvalue weighted by molar-refractivity contribution is 5.80. The molecule has 4 rings (SSSR count). The molecule has 9 heteroatoms. The van der Waals surface area contributed by atoms with Crippen molar-refractivity contribution in [3.63, 3.8) is 0 Å². The second kappa shape index (κ2) is 9.99. The molecule has 9 nitrogen and oxygen atoms in total. The van der Waals surface area contributed by atoms with E-state index in [9.17, 15) is 9.59 Å². The third-order valence-corrected chi connectivity index (χ3v) is 5.25. The predicted octanol–water partition coefficient (Wildman–Crippen LogP) is 3.25. The number of hydrogen-bond donors (Lipinski definition) is 2. The first kappa shape index (κ1) is 22.1. The minimum Gasteiger partial charge on any atom is -0.489 e. The number of benzene rings is 2. The van der Waals surface area contributed by atoms with Gasteiger partial charge in [0, 0.05) is 13.6 Å². The van der Waals surface area contributed by atoms with Gasteiger partial charge in [0.15, 0.2) is 11.2 Å². The summed E-state index contributed by atoms with van der Waals surface area (Å²) in [7, 11) is 1.58. The lowest BCUT2D eigenvalue weighted by atomic mass is 10.2. The van der Waals surface area contributed by atoms with Gasteiger partial charge < -0.3 is 9.30 Å². The van der Waals surface area contributed by atoms with E-state index in [1.165, 1.54) is 4.57 Å². The molecule has 2 heterocycles. The lowest BCUT2D eigenvalue weighted by Gasteiger charge is -2.07. The number of aromatic nitrogens is 4. The second-order valence-corrected chi connectivity index (χ2v) is 7.64. The lowest BCUT2D eigenvalue weighted by Crippen LogP contribution is -2.29. The maximum atomic E-state index is 12.4. The summed E-state index contributed by atoms with van der Waals surface area (Å²) < 4.78 is 8.89. The van der Waals surface area contributed by atoms with Crippen molar-refractivity contribution in [2.75, 3.05) is 5.43 Å². The molecule has 33 heavy (non-hydrogen) atoms. The zero-order valence-electron chi connectivity index (χ0n) is 18.6. The highest BCUT2D eigenvalue weighted by Gasteiger charge is 2.16. The molecule has 0 amide bonds. The molecule has 0 fully saturated rings. The summed E-state index contributed by atoms with van der Waals surface area (Å²) in [6.45, 7) is 3.16. The maximum absolute atomic E-state index is 12.4. The van der Waals surface area contributed by atoms with E-state index in [1.54, 1.807) is 17.8 Å². The molecule has 0 atom stereocenters. The number of aryl methyl sites for hydroxylation is 2. The van der Waals surface area contributed by atoms with E-state index in [0.717, 1.165) is 29.7 Å². The van der Waals surface area contributed by atoms with Gasteiger partial charge >= 0.3 is 5.69 Å². The normalized spacial score (nSPS) is 11.3. The molecule has 0 radical (unpaired) electrons. The molecule has 0 bridgehead atoms. The van der Waals surface area contributed by atoms with E-state index in [1.807, 2.05) is 54.6 Å². The molecule has 0 spiro atoms. The van der Waals surface area contributed by atoms with Crippen molar-refractivity contribution in [3.8, 4) is 5.75 Å². The Balaban J connectivity index is 1.49. The molecule has 0 aliphatic rings. The Bertz CT molecular complexity index is 1370. The number of H-pyrrole nitrogens is 1.